The highest BCUT2D eigenvalue weighted by Gasteiger charge is 2.57. The van der Waals surface area contributed by atoms with Crippen LogP contribution in [0.5, 0.6) is 0 Å². The number of methoxy groups -OCH3 is 1. The van der Waals surface area contributed by atoms with Crippen molar-refractivity contribution >= 4 is 11.7 Å². The average Bonchev–Trinajstić information content (AvgIpc) is 3.58. The fourth-order valence-electron chi connectivity index (χ4n) is 6.76. The molecule has 212 valence electrons. The van der Waals surface area contributed by atoms with Gasteiger partial charge in [-0.1, -0.05) is 6.07 Å². The lowest BCUT2D eigenvalue weighted by atomic mass is 9.80. The fourth-order valence-corrected chi connectivity index (χ4v) is 6.76. The van der Waals surface area contributed by atoms with Crippen LogP contribution in [0.4, 0.5) is 32.2 Å². The summed E-state index contributed by atoms with van der Waals surface area (Å²) in [5.41, 5.74) is -2.56. The van der Waals surface area contributed by atoms with E-state index in [9.17, 15) is 31.1 Å². The Balaban J connectivity index is 1.29. The number of hydrogen-bond donors (Lipinski definition) is 1. The maximum absolute atomic E-state index is 13.8. The first-order valence-electron chi connectivity index (χ1n) is 12.9. The van der Waals surface area contributed by atoms with Gasteiger partial charge in [-0.2, -0.15) is 26.3 Å². The molecular weight excluding hydrogens is 518 g/mol. The van der Waals surface area contributed by atoms with Crippen molar-refractivity contribution < 1.29 is 40.6 Å². The highest BCUT2D eigenvalue weighted by Crippen LogP contribution is 2.49. The van der Waals surface area contributed by atoms with Crippen molar-refractivity contribution in [1.82, 2.24) is 15.2 Å². The number of hydrogen-bond acceptors (Lipinski definition) is 6. The van der Waals surface area contributed by atoms with Crippen LogP contribution in [0.2, 0.25) is 0 Å². The topological polar surface area (TPSA) is 66.9 Å². The van der Waals surface area contributed by atoms with E-state index in [0.29, 0.717) is 32.5 Å². The molecule has 1 aromatic heterocycles. The number of piperazine rings is 1. The molecule has 0 aromatic carbocycles. The van der Waals surface area contributed by atoms with Gasteiger partial charge < -0.3 is 24.6 Å². The molecule has 13 heteroatoms. The first-order chi connectivity index (χ1) is 17.9. The summed E-state index contributed by atoms with van der Waals surface area (Å²) in [6, 6.07) is 2.70. The minimum Gasteiger partial charge on any atom is -0.379 e. The number of likely N-dealkylation sites (tertiary alicyclic amines) is 1. The number of amides is 1. The highest BCUT2D eigenvalue weighted by atomic mass is 19.4. The number of halogens is 6. The van der Waals surface area contributed by atoms with E-state index in [0.717, 1.165) is 6.07 Å². The molecule has 7 nitrogen and oxygen atoms in total. The minimum absolute atomic E-state index is 0.0631. The molecule has 4 fully saturated rings. The Kier molecular flexibility index (Phi) is 7.31. The lowest BCUT2D eigenvalue weighted by Gasteiger charge is -2.40. The quantitative estimate of drug-likeness (QED) is 0.545. The Hall–Kier alpha value is -2.12. The predicted molar refractivity (Wildman–Crippen MR) is 124 cm³/mol. The summed E-state index contributed by atoms with van der Waals surface area (Å²) in [7, 11) is 1.57. The molecule has 4 heterocycles. The normalized spacial score (nSPS) is 33.8. The minimum atomic E-state index is -4.58. The van der Waals surface area contributed by atoms with E-state index >= 15 is 0 Å². The Morgan fingerprint density at radius 3 is 2.63 bits per heavy atom. The fraction of sp³-hybridized carbons (Fsp3) is 0.760. The number of carbonyl (C=O) groups excluding carboxylic acids is 1. The van der Waals surface area contributed by atoms with Gasteiger partial charge in [0.05, 0.1) is 36.6 Å². The van der Waals surface area contributed by atoms with Crippen molar-refractivity contribution in [3.05, 3.63) is 23.9 Å². The summed E-state index contributed by atoms with van der Waals surface area (Å²) < 4.78 is 91.6. The molecular formula is C25H32F6N4O3. The highest BCUT2D eigenvalue weighted by molar-refractivity contribution is 5.84. The number of nitrogens with one attached hydrogen (secondary N) is 1. The van der Waals surface area contributed by atoms with Gasteiger partial charge in [0.25, 0.3) is 0 Å². The standard InChI is InChI=1S/C25H32F6N4O3/c1-37-19-13-38-8-6-18(19)32-15-5-7-23(10-15,14-24(26,27)28)22(36)35-12-16-9-17(35)11-34(16)21-4-2-3-20(33-21)25(29,30)31/h2-4,15-19,32H,5-14H2,1H3/t15-,16-,17+,18+,19-,23+/m1/s1. The molecule has 1 N–H and O–H groups in total. The maximum atomic E-state index is 13.8. The number of carbonyl (C=O) groups is 1. The van der Waals surface area contributed by atoms with Gasteiger partial charge in [-0.25, -0.2) is 4.98 Å². The lowest BCUT2D eigenvalue weighted by Crippen LogP contribution is -2.54. The maximum Gasteiger partial charge on any atom is 0.433 e. The van der Waals surface area contributed by atoms with Gasteiger partial charge in [0.15, 0.2) is 0 Å². The third kappa shape index (κ3) is 5.46. The third-order valence-electron chi connectivity index (χ3n) is 8.48. The second-order valence-corrected chi connectivity index (χ2v) is 11.0. The molecule has 1 aliphatic carbocycles. The molecule has 1 aromatic rings. The predicted octanol–water partition coefficient (Wildman–Crippen LogP) is 3.77. The second-order valence-electron chi connectivity index (χ2n) is 11.0. The molecule has 0 radical (unpaired) electrons. The van der Waals surface area contributed by atoms with Crippen LogP contribution in [0, 0.1) is 5.41 Å². The Morgan fingerprint density at radius 2 is 1.97 bits per heavy atom. The summed E-state index contributed by atoms with van der Waals surface area (Å²) in [5.74, 6) is -0.336. The number of fused-ring (bicyclic) bond motifs is 2. The van der Waals surface area contributed by atoms with Crippen LogP contribution in [0.1, 0.15) is 44.2 Å². The van der Waals surface area contributed by atoms with Crippen molar-refractivity contribution in [3.63, 3.8) is 0 Å². The Labute approximate surface area is 216 Å². The van der Waals surface area contributed by atoms with E-state index in [1.165, 1.54) is 17.0 Å². The lowest BCUT2D eigenvalue weighted by molar-refractivity contribution is -0.174. The second kappa shape index (κ2) is 10.1. The molecule has 2 bridgehead atoms. The summed E-state index contributed by atoms with van der Waals surface area (Å²) in [5, 5.41) is 3.43. The molecule has 0 spiro atoms. The smallest absolute Gasteiger partial charge is 0.379 e. The molecule has 1 amide bonds. The monoisotopic (exact) mass is 550 g/mol. The van der Waals surface area contributed by atoms with Crippen molar-refractivity contribution in [2.75, 3.05) is 38.3 Å². The van der Waals surface area contributed by atoms with Gasteiger partial charge in [-0.05, 0) is 44.2 Å². The summed E-state index contributed by atoms with van der Waals surface area (Å²) in [6.07, 6.45) is -8.68. The van der Waals surface area contributed by atoms with Crippen LogP contribution < -0.4 is 10.2 Å². The zero-order chi connectivity index (χ0) is 27.3. The van der Waals surface area contributed by atoms with Gasteiger partial charge in [0, 0.05) is 38.9 Å². The van der Waals surface area contributed by atoms with Gasteiger partial charge >= 0.3 is 12.4 Å². The number of nitrogens with zero attached hydrogens (tertiary/aromatic N) is 3. The zero-order valence-electron chi connectivity index (χ0n) is 21.0. The Morgan fingerprint density at radius 1 is 1.18 bits per heavy atom. The SMILES string of the molecule is CO[C@@H]1COCC[C@@H]1N[C@@H]1CC[C@](CC(F)(F)F)(C(=O)N2C[C@H]3C[C@H]2CN3c2cccc(C(F)(F)F)n2)C1. The molecule has 5 rings (SSSR count). The summed E-state index contributed by atoms with van der Waals surface area (Å²) in [4.78, 5) is 20.8. The molecule has 4 aliphatic rings. The molecule has 0 unspecified atom stereocenters. The van der Waals surface area contributed by atoms with Crippen LogP contribution in [0.15, 0.2) is 18.2 Å². The largest absolute Gasteiger partial charge is 0.433 e. The Bertz CT molecular complexity index is 1020. The van der Waals surface area contributed by atoms with E-state index < -0.39 is 35.8 Å². The number of alkyl halides is 6. The summed E-state index contributed by atoms with van der Waals surface area (Å²) in [6.45, 7) is 1.35. The van der Waals surface area contributed by atoms with E-state index in [2.05, 4.69) is 10.3 Å². The molecule has 6 atom stereocenters. The van der Waals surface area contributed by atoms with Gasteiger partial charge in [-0.15, -0.1) is 0 Å². The summed E-state index contributed by atoms with van der Waals surface area (Å²) >= 11 is 0. The van der Waals surface area contributed by atoms with Gasteiger partial charge in [0.1, 0.15) is 11.5 Å². The first-order valence-corrected chi connectivity index (χ1v) is 12.9. The van der Waals surface area contributed by atoms with Crippen molar-refractivity contribution in [3.8, 4) is 0 Å². The number of anilines is 1. The van der Waals surface area contributed by atoms with Crippen LogP contribution in [0.25, 0.3) is 0 Å². The average molecular weight is 551 g/mol. The zero-order valence-corrected chi connectivity index (χ0v) is 21.0. The first kappa shape index (κ1) is 27.4. The van der Waals surface area contributed by atoms with Crippen LogP contribution in [0.3, 0.4) is 0 Å². The van der Waals surface area contributed by atoms with E-state index in [1.54, 1.807) is 12.0 Å². The van der Waals surface area contributed by atoms with E-state index in [1.807, 2.05) is 0 Å². The van der Waals surface area contributed by atoms with Gasteiger partial charge in [0.2, 0.25) is 5.91 Å². The van der Waals surface area contributed by atoms with Crippen molar-refractivity contribution in [2.24, 2.45) is 5.41 Å². The van der Waals surface area contributed by atoms with Crippen LogP contribution in [-0.2, 0) is 20.4 Å². The third-order valence-corrected chi connectivity index (χ3v) is 8.48. The number of rotatable bonds is 6. The van der Waals surface area contributed by atoms with Crippen molar-refractivity contribution in [1.29, 1.82) is 0 Å². The van der Waals surface area contributed by atoms with E-state index in [4.69, 9.17) is 9.47 Å². The van der Waals surface area contributed by atoms with Crippen LogP contribution in [-0.4, -0.2) is 85.7 Å². The molecule has 1 saturated carbocycles. The van der Waals surface area contributed by atoms with E-state index in [-0.39, 0.29) is 62.0 Å². The number of pyridine rings is 1. The molecule has 38 heavy (non-hydrogen) atoms. The van der Waals surface area contributed by atoms with Gasteiger partial charge in [-0.3, -0.25) is 4.79 Å². The van der Waals surface area contributed by atoms with Crippen LogP contribution >= 0.6 is 0 Å². The number of ether oxygens (including phenoxy) is 2. The molecule has 3 aliphatic heterocycles. The van der Waals surface area contributed by atoms with Crippen molar-refractivity contribution in [2.45, 2.75) is 81.1 Å². The molecule has 3 saturated heterocycles. The number of aromatic nitrogens is 1.